The second-order valence-electron chi connectivity index (χ2n) is 8.99. The summed E-state index contributed by atoms with van der Waals surface area (Å²) in [5.74, 6) is -0.0366. The van der Waals surface area contributed by atoms with Crippen LogP contribution in [0.5, 0.6) is 0 Å². The highest BCUT2D eigenvalue weighted by atomic mass is 35.5. The van der Waals surface area contributed by atoms with E-state index in [4.69, 9.17) is 11.6 Å². The van der Waals surface area contributed by atoms with E-state index in [0.717, 1.165) is 22.4 Å². The Morgan fingerprint density at radius 3 is 2.85 bits per heavy atom. The van der Waals surface area contributed by atoms with Crippen LogP contribution in [-0.4, -0.2) is 60.8 Å². The van der Waals surface area contributed by atoms with E-state index in [2.05, 4.69) is 39.5 Å². The first-order valence-electron chi connectivity index (χ1n) is 11.0. The Labute approximate surface area is 197 Å². The van der Waals surface area contributed by atoms with Crippen molar-refractivity contribution in [3.63, 3.8) is 0 Å². The number of fused-ring (bicyclic) bond motifs is 1. The summed E-state index contributed by atoms with van der Waals surface area (Å²) in [5, 5.41) is 15.3. The molecule has 0 radical (unpaired) electrons. The maximum Gasteiger partial charge on any atom is 0.229 e. The number of allylic oxidation sites excluding steroid dienone is 1. The zero-order valence-corrected chi connectivity index (χ0v) is 19.5. The third-order valence-electron chi connectivity index (χ3n) is 6.05. The molecule has 10 heteroatoms. The Kier molecular flexibility index (Phi) is 5.74. The summed E-state index contributed by atoms with van der Waals surface area (Å²) in [7, 11) is 0. The van der Waals surface area contributed by atoms with Gasteiger partial charge in [0.05, 0.1) is 18.3 Å². The number of rotatable bonds is 6. The zero-order chi connectivity index (χ0) is 23.3. The molecular formula is C23H27ClFN7O. The summed E-state index contributed by atoms with van der Waals surface area (Å²) in [6, 6.07) is 0.238. The van der Waals surface area contributed by atoms with Crippen LogP contribution in [0.15, 0.2) is 53.2 Å². The molecule has 0 bridgehead atoms. The Morgan fingerprint density at radius 1 is 1.33 bits per heavy atom. The largest absolute Gasteiger partial charge is 0.390 e. The van der Waals surface area contributed by atoms with E-state index < -0.39 is 5.82 Å². The average molecular weight is 472 g/mol. The number of nitrogens with one attached hydrogen (secondary N) is 2. The van der Waals surface area contributed by atoms with Gasteiger partial charge in [0.2, 0.25) is 5.95 Å². The average Bonchev–Trinajstić information content (AvgIpc) is 3.28. The standard InChI is InChI=1S/C23H27ClFN7O/c1-13(2)32-21(24)18-6-16(4-5-20(18)29-32)27-23-26-7-19(25)22(28-23)31-8-14(3)15(10-31)9-30-11-17(33)12-30/h4-8,10,13,17,20,29,33H,9,11-12H2,1-3H3,(H,26,27,28). The van der Waals surface area contributed by atoms with Gasteiger partial charge in [-0.25, -0.2) is 14.8 Å². The molecule has 0 saturated carbocycles. The third kappa shape index (κ3) is 4.29. The van der Waals surface area contributed by atoms with Gasteiger partial charge in [0.25, 0.3) is 0 Å². The van der Waals surface area contributed by atoms with Gasteiger partial charge < -0.3 is 15.0 Å². The molecule has 1 atom stereocenters. The number of aliphatic hydroxyl groups excluding tert-OH is 1. The van der Waals surface area contributed by atoms with E-state index in [0.29, 0.717) is 30.7 Å². The SMILES string of the molecule is Cc1cn(-c2nc(NC3=CC4=C(Cl)N(C(C)C)NC4C=C3)ncc2F)cc1CN1CC(O)C1. The van der Waals surface area contributed by atoms with Crippen LogP contribution in [0.4, 0.5) is 10.3 Å². The number of halogens is 2. The maximum atomic E-state index is 14.6. The Balaban J connectivity index is 1.36. The zero-order valence-electron chi connectivity index (χ0n) is 18.8. The van der Waals surface area contributed by atoms with Crippen LogP contribution >= 0.6 is 11.6 Å². The van der Waals surface area contributed by atoms with Gasteiger partial charge in [-0.05, 0) is 44.1 Å². The van der Waals surface area contributed by atoms with E-state index in [1.165, 1.54) is 6.20 Å². The van der Waals surface area contributed by atoms with Gasteiger partial charge in [-0.2, -0.15) is 4.98 Å². The normalized spacial score (nSPS) is 21.0. The van der Waals surface area contributed by atoms with Gasteiger partial charge in [-0.1, -0.05) is 17.7 Å². The summed E-state index contributed by atoms with van der Waals surface area (Å²) in [5.41, 5.74) is 7.20. The van der Waals surface area contributed by atoms with Crippen molar-refractivity contribution in [1.82, 2.24) is 29.9 Å². The highest BCUT2D eigenvalue weighted by Crippen LogP contribution is 2.31. The Bertz CT molecular complexity index is 1170. The second kappa shape index (κ2) is 8.57. The smallest absolute Gasteiger partial charge is 0.229 e. The van der Waals surface area contributed by atoms with E-state index in [1.807, 2.05) is 42.6 Å². The lowest BCUT2D eigenvalue weighted by atomic mass is 10.0. The molecule has 0 aromatic carbocycles. The molecule has 4 heterocycles. The fraction of sp³-hybridized carbons (Fsp3) is 0.391. The predicted octanol–water partition coefficient (Wildman–Crippen LogP) is 2.80. The van der Waals surface area contributed by atoms with Crippen molar-refractivity contribution < 1.29 is 9.50 Å². The lowest BCUT2D eigenvalue weighted by Gasteiger charge is -2.35. The number of likely N-dealkylation sites (tertiary alicyclic amines) is 1. The highest BCUT2D eigenvalue weighted by Gasteiger charge is 2.31. The number of β-amino-alcohol motifs (C(OH)–C–C–N with tert-alkyl or cyclic N) is 1. The van der Waals surface area contributed by atoms with Gasteiger partial charge in [-0.3, -0.25) is 9.91 Å². The van der Waals surface area contributed by atoms with Crippen LogP contribution in [0, 0.1) is 12.7 Å². The molecule has 1 unspecified atom stereocenters. The number of aliphatic hydroxyl groups is 1. The molecule has 2 aromatic rings. The van der Waals surface area contributed by atoms with Crippen LogP contribution in [-0.2, 0) is 6.54 Å². The summed E-state index contributed by atoms with van der Waals surface area (Å²) < 4.78 is 16.3. The number of aryl methyl sites for hydroxylation is 1. The predicted molar refractivity (Wildman–Crippen MR) is 125 cm³/mol. The summed E-state index contributed by atoms with van der Waals surface area (Å²) >= 11 is 6.55. The number of hydrazine groups is 1. The highest BCUT2D eigenvalue weighted by molar-refractivity contribution is 6.30. The third-order valence-corrected chi connectivity index (χ3v) is 6.45. The van der Waals surface area contributed by atoms with E-state index >= 15 is 0 Å². The Hall–Kier alpha value is -2.72. The minimum atomic E-state index is -0.506. The topological polar surface area (TPSA) is 81.5 Å². The van der Waals surface area contributed by atoms with E-state index in [-0.39, 0.29) is 24.0 Å². The fourth-order valence-electron chi connectivity index (χ4n) is 4.24. The number of hydrogen-bond donors (Lipinski definition) is 3. The van der Waals surface area contributed by atoms with Crippen molar-refractivity contribution >= 4 is 17.5 Å². The van der Waals surface area contributed by atoms with Gasteiger partial charge in [0, 0.05) is 49.3 Å². The van der Waals surface area contributed by atoms with Crippen molar-refractivity contribution in [2.24, 2.45) is 0 Å². The van der Waals surface area contributed by atoms with Crippen LogP contribution in [0.1, 0.15) is 25.0 Å². The molecule has 1 fully saturated rings. The van der Waals surface area contributed by atoms with Crippen LogP contribution in [0.25, 0.3) is 5.82 Å². The second-order valence-corrected chi connectivity index (χ2v) is 9.35. The molecule has 3 N–H and O–H groups in total. The number of anilines is 1. The first-order valence-corrected chi connectivity index (χ1v) is 11.4. The van der Waals surface area contributed by atoms with Crippen LogP contribution in [0.2, 0.25) is 0 Å². The minimum absolute atomic E-state index is 0.0175. The van der Waals surface area contributed by atoms with Gasteiger partial charge in [-0.15, -0.1) is 0 Å². The van der Waals surface area contributed by atoms with Crippen molar-refractivity contribution in [3.05, 3.63) is 70.2 Å². The lowest BCUT2D eigenvalue weighted by molar-refractivity contribution is -0.00295. The lowest BCUT2D eigenvalue weighted by Crippen LogP contribution is -2.49. The molecule has 0 spiro atoms. The fourth-order valence-corrected chi connectivity index (χ4v) is 4.65. The maximum absolute atomic E-state index is 14.6. The summed E-state index contributed by atoms with van der Waals surface area (Å²) in [6.07, 6.45) is 10.6. The Morgan fingerprint density at radius 2 is 2.12 bits per heavy atom. The molecule has 1 aliphatic carbocycles. The van der Waals surface area contributed by atoms with Crippen LogP contribution in [0.3, 0.4) is 0 Å². The van der Waals surface area contributed by atoms with E-state index in [9.17, 15) is 9.50 Å². The molecular weight excluding hydrogens is 445 g/mol. The quantitative estimate of drug-likeness (QED) is 0.559. The first-order chi connectivity index (χ1) is 15.8. The van der Waals surface area contributed by atoms with Crippen molar-refractivity contribution in [3.8, 4) is 5.82 Å². The van der Waals surface area contributed by atoms with Gasteiger partial charge >= 0.3 is 0 Å². The summed E-state index contributed by atoms with van der Waals surface area (Å²) in [6.45, 7) is 8.15. The molecule has 2 aromatic heterocycles. The number of aromatic nitrogens is 3. The number of nitrogens with zero attached hydrogens (tertiary/aromatic N) is 5. The van der Waals surface area contributed by atoms with Gasteiger partial charge in [0.15, 0.2) is 11.6 Å². The van der Waals surface area contributed by atoms with Crippen molar-refractivity contribution in [2.75, 3.05) is 18.4 Å². The molecule has 1 saturated heterocycles. The van der Waals surface area contributed by atoms with E-state index in [1.54, 1.807) is 4.57 Å². The van der Waals surface area contributed by atoms with Crippen LogP contribution < -0.4 is 10.7 Å². The molecule has 0 amide bonds. The van der Waals surface area contributed by atoms with Crippen molar-refractivity contribution in [2.45, 2.75) is 45.5 Å². The molecule has 3 aliphatic rings. The molecule has 8 nitrogen and oxygen atoms in total. The van der Waals surface area contributed by atoms with Crippen molar-refractivity contribution in [1.29, 1.82) is 0 Å². The number of hydrogen-bond acceptors (Lipinski definition) is 7. The molecule has 174 valence electrons. The monoisotopic (exact) mass is 471 g/mol. The first kappa shape index (κ1) is 22.1. The van der Waals surface area contributed by atoms with Gasteiger partial charge in [0.1, 0.15) is 5.16 Å². The molecule has 5 rings (SSSR count). The minimum Gasteiger partial charge on any atom is -0.390 e. The molecule has 2 aliphatic heterocycles. The molecule has 33 heavy (non-hydrogen) atoms. The summed E-state index contributed by atoms with van der Waals surface area (Å²) in [4.78, 5) is 10.7.